The summed E-state index contributed by atoms with van der Waals surface area (Å²) in [6, 6.07) is 5.66. The summed E-state index contributed by atoms with van der Waals surface area (Å²) in [5.74, 6) is 1.03. The molecule has 0 amide bonds. The molecule has 0 atom stereocenters. The van der Waals surface area contributed by atoms with Crippen LogP contribution in [0.5, 0.6) is 0 Å². The van der Waals surface area contributed by atoms with Crippen molar-refractivity contribution < 1.29 is 0 Å². The summed E-state index contributed by atoms with van der Waals surface area (Å²) in [6.45, 7) is 0. The zero-order valence-corrected chi connectivity index (χ0v) is 11.2. The van der Waals surface area contributed by atoms with Gasteiger partial charge in [0, 0.05) is 10.4 Å². The Morgan fingerprint density at radius 2 is 2.18 bits per heavy atom. The molecule has 4 nitrogen and oxygen atoms in total. The summed E-state index contributed by atoms with van der Waals surface area (Å²) in [5, 5.41) is 8.72. The van der Waals surface area contributed by atoms with Crippen LogP contribution in [-0.2, 0) is 0 Å². The Labute approximate surface area is 112 Å². The van der Waals surface area contributed by atoms with E-state index >= 15 is 0 Å². The molecule has 0 spiro atoms. The van der Waals surface area contributed by atoms with Gasteiger partial charge in [-0.2, -0.15) is 0 Å². The molecular weight excluding hydrogens is 304 g/mol. The normalized spacial score (nSPS) is 15.2. The van der Waals surface area contributed by atoms with Gasteiger partial charge in [-0.3, -0.25) is 0 Å². The fraction of sp³-hybridized carbons (Fsp3) is 0.273. The second-order valence-electron chi connectivity index (χ2n) is 4.14. The van der Waals surface area contributed by atoms with Crippen LogP contribution in [0.2, 0.25) is 5.02 Å². The lowest BCUT2D eigenvalue weighted by Crippen LogP contribution is -2.02. The van der Waals surface area contributed by atoms with Gasteiger partial charge in [-0.1, -0.05) is 16.8 Å². The highest BCUT2D eigenvalue weighted by Crippen LogP contribution is 2.42. The predicted molar refractivity (Wildman–Crippen MR) is 70.5 cm³/mol. The minimum absolute atomic E-state index is 0.499. The Morgan fingerprint density at radius 3 is 2.82 bits per heavy atom. The molecule has 88 valence electrons. The molecule has 6 heteroatoms. The highest BCUT2D eigenvalue weighted by Gasteiger charge is 2.31. The van der Waals surface area contributed by atoms with E-state index in [1.54, 1.807) is 4.68 Å². The van der Waals surface area contributed by atoms with Crippen molar-refractivity contribution in [2.45, 2.75) is 18.8 Å². The van der Waals surface area contributed by atoms with Crippen molar-refractivity contribution in [1.29, 1.82) is 0 Å². The van der Waals surface area contributed by atoms with Gasteiger partial charge >= 0.3 is 0 Å². The summed E-state index contributed by atoms with van der Waals surface area (Å²) in [6.07, 6.45) is 2.32. The Hall–Kier alpha value is -1.07. The smallest absolute Gasteiger partial charge is 0.169 e. The molecule has 0 bridgehead atoms. The van der Waals surface area contributed by atoms with Gasteiger partial charge in [0.05, 0.1) is 16.4 Å². The van der Waals surface area contributed by atoms with Crippen molar-refractivity contribution in [2.24, 2.45) is 0 Å². The van der Waals surface area contributed by atoms with Crippen LogP contribution in [0, 0.1) is 0 Å². The van der Waals surface area contributed by atoms with Crippen LogP contribution >= 0.6 is 27.5 Å². The largest absolute Gasteiger partial charge is 0.381 e. The Kier molecular flexibility index (Phi) is 2.60. The molecule has 0 unspecified atom stereocenters. The average molecular weight is 314 g/mol. The minimum atomic E-state index is 0.499. The van der Waals surface area contributed by atoms with E-state index in [0.717, 1.165) is 28.7 Å². The van der Waals surface area contributed by atoms with Crippen LogP contribution in [-0.4, -0.2) is 15.0 Å². The molecule has 1 aliphatic carbocycles. The second kappa shape index (κ2) is 3.99. The van der Waals surface area contributed by atoms with E-state index in [4.69, 9.17) is 17.3 Å². The lowest BCUT2D eigenvalue weighted by molar-refractivity contribution is 0.763. The van der Waals surface area contributed by atoms with Crippen LogP contribution in [0.4, 0.5) is 5.82 Å². The molecule has 0 saturated heterocycles. The van der Waals surface area contributed by atoms with Gasteiger partial charge < -0.3 is 5.73 Å². The van der Waals surface area contributed by atoms with Gasteiger partial charge in [0.1, 0.15) is 0 Å². The number of anilines is 1. The number of nitrogens with two attached hydrogens (primary N) is 1. The van der Waals surface area contributed by atoms with Crippen molar-refractivity contribution in [3.8, 4) is 5.69 Å². The number of aromatic nitrogens is 3. The second-order valence-corrected chi connectivity index (χ2v) is 5.41. The summed E-state index contributed by atoms with van der Waals surface area (Å²) >= 11 is 9.37. The minimum Gasteiger partial charge on any atom is -0.381 e. The first kappa shape index (κ1) is 11.0. The molecule has 17 heavy (non-hydrogen) atoms. The molecule has 0 radical (unpaired) electrons. The lowest BCUT2D eigenvalue weighted by atomic mass is 10.2. The van der Waals surface area contributed by atoms with E-state index in [0.29, 0.717) is 16.8 Å². The molecule has 1 aliphatic rings. The molecule has 1 aromatic carbocycles. The van der Waals surface area contributed by atoms with Crippen molar-refractivity contribution in [1.82, 2.24) is 15.0 Å². The number of rotatable bonds is 2. The molecule has 1 aromatic heterocycles. The van der Waals surface area contributed by atoms with Gasteiger partial charge in [-0.05, 0) is 47.0 Å². The van der Waals surface area contributed by atoms with E-state index < -0.39 is 0 Å². The average Bonchev–Trinajstić information content (AvgIpc) is 3.06. The first-order valence-electron chi connectivity index (χ1n) is 5.33. The summed E-state index contributed by atoms with van der Waals surface area (Å²) in [4.78, 5) is 0. The molecular formula is C11H10BrClN4. The summed E-state index contributed by atoms with van der Waals surface area (Å²) < 4.78 is 2.64. The van der Waals surface area contributed by atoms with Crippen LogP contribution in [0.3, 0.4) is 0 Å². The zero-order valence-electron chi connectivity index (χ0n) is 8.90. The third-order valence-corrected chi connectivity index (χ3v) is 4.06. The van der Waals surface area contributed by atoms with Gasteiger partial charge in [0.15, 0.2) is 5.82 Å². The first-order valence-corrected chi connectivity index (χ1v) is 6.50. The Balaban J connectivity index is 2.11. The summed E-state index contributed by atoms with van der Waals surface area (Å²) in [7, 11) is 0. The molecule has 3 rings (SSSR count). The van der Waals surface area contributed by atoms with Crippen molar-refractivity contribution in [2.75, 3.05) is 5.73 Å². The number of nitrogens with zero attached hydrogens (tertiary/aromatic N) is 3. The van der Waals surface area contributed by atoms with Gasteiger partial charge in [0.25, 0.3) is 0 Å². The fourth-order valence-corrected chi connectivity index (χ4v) is 2.33. The molecule has 2 N–H and O–H groups in total. The fourth-order valence-electron chi connectivity index (χ4n) is 1.85. The first-order chi connectivity index (χ1) is 8.16. The number of hydrogen-bond acceptors (Lipinski definition) is 3. The highest BCUT2D eigenvalue weighted by molar-refractivity contribution is 9.10. The van der Waals surface area contributed by atoms with E-state index in [1.807, 2.05) is 18.2 Å². The third-order valence-electron chi connectivity index (χ3n) is 2.84. The highest BCUT2D eigenvalue weighted by atomic mass is 79.9. The van der Waals surface area contributed by atoms with Crippen molar-refractivity contribution in [3.63, 3.8) is 0 Å². The lowest BCUT2D eigenvalue weighted by Gasteiger charge is -2.06. The van der Waals surface area contributed by atoms with E-state index in [-0.39, 0.29) is 0 Å². The van der Waals surface area contributed by atoms with Gasteiger partial charge in [0.2, 0.25) is 0 Å². The van der Waals surface area contributed by atoms with Crippen LogP contribution < -0.4 is 5.73 Å². The van der Waals surface area contributed by atoms with E-state index in [1.165, 1.54) is 0 Å². The molecule has 1 fully saturated rings. The maximum absolute atomic E-state index is 5.97. The van der Waals surface area contributed by atoms with E-state index in [9.17, 15) is 0 Å². The van der Waals surface area contributed by atoms with Crippen LogP contribution in [0.25, 0.3) is 5.69 Å². The molecule has 0 aliphatic heterocycles. The van der Waals surface area contributed by atoms with E-state index in [2.05, 4.69) is 26.2 Å². The Bertz CT molecular complexity index is 577. The summed E-state index contributed by atoms with van der Waals surface area (Å²) in [5.41, 5.74) is 7.79. The monoisotopic (exact) mass is 312 g/mol. The maximum Gasteiger partial charge on any atom is 0.169 e. The maximum atomic E-state index is 5.97. The number of halogens is 2. The number of benzene rings is 1. The standard InChI is InChI=1S/C11H10BrClN4/c12-8-5-7(3-4-9(8)13)17-10(6-1-2-6)11(14)15-16-17/h3-6H,1-2,14H2. The SMILES string of the molecule is Nc1nnn(-c2ccc(Cl)c(Br)c2)c1C1CC1. The zero-order chi connectivity index (χ0) is 12.0. The van der Waals surface area contributed by atoms with Gasteiger partial charge in [-0.15, -0.1) is 5.10 Å². The predicted octanol–water partition coefficient (Wildman–Crippen LogP) is 3.14. The Morgan fingerprint density at radius 1 is 1.41 bits per heavy atom. The van der Waals surface area contributed by atoms with Crippen molar-refractivity contribution in [3.05, 3.63) is 33.4 Å². The van der Waals surface area contributed by atoms with Crippen LogP contribution in [0.15, 0.2) is 22.7 Å². The third kappa shape index (κ3) is 1.93. The molecule has 1 heterocycles. The number of nitrogen functional groups attached to an aromatic ring is 1. The topological polar surface area (TPSA) is 56.7 Å². The quantitative estimate of drug-likeness (QED) is 0.926. The molecule has 1 saturated carbocycles. The van der Waals surface area contributed by atoms with Crippen LogP contribution in [0.1, 0.15) is 24.5 Å². The van der Waals surface area contributed by atoms with Crippen molar-refractivity contribution >= 4 is 33.3 Å². The van der Waals surface area contributed by atoms with Gasteiger partial charge in [-0.25, -0.2) is 4.68 Å². The number of hydrogen-bond donors (Lipinski definition) is 1. The molecule has 2 aromatic rings.